The molecule has 1 saturated heterocycles. The fraction of sp³-hybridized carbons (Fsp3) is 0.636. The highest BCUT2D eigenvalue weighted by Gasteiger charge is 2.33. The van der Waals surface area contributed by atoms with Crippen molar-refractivity contribution in [1.29, 1.82) is 0 Å². The molecule has 9 heteroatoms. The van der Waals surface area contributed by atoms with E-state index in [1.54, 1.807) is 18.2 Å². The number of hydrogen-bond acceptors (Lipinski definition) is 5. The second kappa shape index (κ2) is 9.50. The first-order chi connectivity index (χ1) is 14.9. The van der Waals surface area contributed by atoms with Crippen molar-refractivity contribution >= 4 is 39.3 Å². The molecule has 1 atom stereocenters. The number of hydrogen-bond donors (Lipinski definition) is 1. The van der Waals surface area contributed by atoms with E-state index in [0.29, 0.717) is 24.5 Å². The summed E-state index contributed by atoms with van der Waals surface area (Å²) in [5.74, 6) is 0.0301. The number of carbonyl (C=O) groups excluding carboxylic acids is 2. The van der Waals surface area contributed by atoms with Gasteiger partial charge in [-0.05, 0) is 43.9 Å². The summed E-state index contributed by atoms with van der Waals surface area (Å²) in [5.41, 5.74) is 0.526. The largest absolute Gasteiger partial charge is 0.352 e. The van der Waals surface area contributed by atoms with Crippen LogP contribution in [0.25, 0.3) is 0 Å². The van der Waals surface area contributed by atoms with Gasteiger partial charge in [-0.2, -0.15) is 4.31 Å². The van der Waals surface area contributed by atoms with Crippen LogP contribution in [0.3, 0.4) is 0 Å². The Balaban J connectivity index is 1.61. The molecule has 1 aromatic carbocycles. The Morgan fingerprint density at radius 2 is 1.84 bits per heavy atom. The zero-order chi connectivity index (χ0) is 22.0. The molecule has 2 aliphatic heterocycles. The van der Waals surface area contributed by atoms with Crippen molar-refractivity contribution in [2.45, 2.75) is 67.7 Å². The fourth-order valence-electron chi connectivity index (χ4n) is 4.57. The number of sulfonamides is 1. The van der Waals surface area contributed by atoms with Gasteiger partial charge in [0.25, 0.3) is 0 Å². The maximum Gasteiger partial charge on any atom is 0.243 e. The SMILES string of the molecule is C[C@@H]1CSc2ccc(S(=O)(=O)N3CCCC3)cc2N(CC(=O)NC2CCCCC2)C1=O. The van der Waals surface area contributed by atoms with Crippen molar-refractivity contribution in [2.24, 2.45) is 5.92 Å². The summed E-state index contributed by atoms with van der Waals surface area (Å²) in [7, 11) is -3.60. The number of amides is 2. The average molecular weight is 466 g/mol. The molecule has 2 amide bonds. The first-order valence-corrected chi connectivity index (χ1v) is 13.7. The summed E-state index contributed by atoms with van der Waals surface area (Å²) >= 11 is 1.54. The molecule has 31 heavy (non-hydrogen) atoms. The molecule has 1 aliphatic carbocycles. The molecule has 2 fully saturated rings. The van der Waals surface area contributed by atoms with Gasteiger partial charge in [-0.15, -0.1) is 11.8 Å². The zero-order valence-electron chi connectivity index (χ0n) is 18.0. The minimum Gasteiger partial charge on any atom is -0.352 e. The van der Waals surface area contributed by atoms with Gasteiger partial charge < -0.3 is 10.2 Å². The van der Waals surface area contributed by atoms with Crippen LogP contribution in [-0.4, -0.2) is 56.0 Å². The lowest BCUT2D eigenvalue weighted by molar-refractivity contribution is -0.125. The number of benzene rings is 1. The summed E-state index contributed by atoms with van der Waals surface area (Å²) in [4.78, 5) is 28.4. The normalized spacial score (nSPS) is 23.5. The second-order valence-corrected chi connectivity index (χ2v) is 11.8. The second-order valence-electron chi connectivity index (χ2n) is 8.78. The van der Waals surface area contributed by atoms with Gasteiger partial charge in [0.15, 0.2) is 0 Å². The molecule has 0 spiro atoms. The first-order valence-electron chi connectivity index (χ1n) is 11.2. The van der Waals surface area contributed by atoms with Crippen molar-refractivity contribution < 1.29 is 18.0 Å². The standard InChI is InChI=1S/C22H31N3O4S2/c1-16-15-30-20-10-9-18(31(28,29)24-11-5-6-12-24)13-19(20)25(22(16)27)14-21(26)23-17-7-3-2-4-8-17/h9-10,13,16-17H,2-8,11-12,14-15H2,1H3,(H,23,26)/t16-/m1/s1. The third-order valence-electron chi connectivity index (χ3n) is 6.37. The van der Waals surface area contributed by atoms with Crippen LogP contribution < -0.4 is 10.2 Å². The van der Waals surface area contributed by atoms with Gasteiger partial charge in [0.05, 0.1) is 10.6 Å². The molecule has 0 radical (unpaired) electrons. The predicted molar refractivity (Wildman–Crippen MR) is 122 cm³/mol. The molecule has 7 nitrogen and oxygen atoms in total. The minimum atomic E-state index is -3.60. The lowest BCUT2D eigenvalue weighted by Gasteiger charge is -2.27. The molecular formula is C22H31N3O4S2. The van der Waals surface area contributed by atoms with E-state index in [0.717, 1.165) is 43.4 Å². The molecule has 1 saturated carbocycles. The van der Waals surface area contributed by atoms with Crippen molar-refractivity contribution in [3.05, 3.63) is 18.2 Å². The number of carbonyl (C=O) groups is 2. The van der Waals surface area contributed by atoms with Crippen LogP contribution in [0.15, 0.2) is 28.0 Å². The Labute approximate surface area is 189 Å². The summed E-state index contributed by atoms with van der Waals surface area (Å²) in [6.07, 6.45) is 7.10. The fourth-order valence-corrected chi connectivity index (χ4v) is 7.16. The molecule has 170 valence electrons. The summed E-state index contributed by atoms with van der Waals surface area (Å²) < 4.78 is 27.7. The highest BCUT2D eigenvalue weighted by atomic mass is 32.2. The molecule has 4 rings (SSSR count). The molecule has 0 unspecified atom stereocenters. The van der Waals surface area contributed by atoms with Crippen LogP contribution in [0, 0.1) is 5.92 Å². The van der Waals surface area contributed by atoms with E-state index in [2.05, 4.69) is 5.32 Å². The van der Waals surface area contributed by atoms with Gasteiger partial charge >= 0.3 is 0 Å². The molecule has 0 aromatic heterocycles. The average Bonchev–Trinajstić information content (AvgIpc) is 3.28. The van der Waals surface area contributed by atoms with Crippen molar-refractivity contribution in [2.75, 3.05) is 30.3 Å². The van der Waals surface area contributed by atoms with Crippen LogP contribution in [0.4, 0.5) is 5.69 Å². The Morgan fingerprint density at radius 3 is 2.55 bits per heavy atom. The monoisotopic (exact) mass is 465 g/mol. The quantitative estimate of drug-likeness (QED) is 0.722. The third-order valence-corrected chi connectivity index (χ3v) is 9.59. The van der Waals surface area contributed by atoms with Crippen LogP contribution in [0.1, 0.15) is 51.9 Å². The molecule has 1 N–H and O–H groups in total. The smallest absolute Gasteiger partial charge is 0.243 e. The topological polar surface area (TPSA) is 86.8 Å². The minimum absolute atomic E-state index is 0.0829. The van der Waals surface area contributed by atoms with Crippen LogP contribution >= 0.6 is 11.8 Å². The lowest BCUT2D eigenvalue weighted by atomic mass is 9.95. The number of nitrogens with zero attached hydrogens (tertiary/aromatic N) is 2. The van der Waals surface area contributed by atoms with Crippen molar-refractivity contribution in [3.63, 3.8) is 0 Å². The van der Waals surface area contributed by atoms with Crippen molar-refractivity contribution in [1.82, 2.24) is 9.62 Å². The number of nitrogens with one attached hydrogen (secondary N) is 1. The van der Waals surface area contributed by atoms with E-state index in [1.165, 1.54) is 27.4 Å². The first kappa shape index (κ1) is 22.6. The predicted octanol–water partition coefficient (Wildman–Crippen LogP) is 2.99. The number of rotatable bonds is 5. The van der Waals surface area contributed by atoms with Crippen LogP contribution in [0.5, 0.6) is 0 Å². The van der Waals surface area contributed by atoms with Gasteiger partial charge in [0, 0.05) is 35.7 Å². The van der Waals surface area contributed by atoms with Crippen LogP contribution in [-0.2, 0) is 19.6 Å². The van der Waals surface area contributed by atoms with Gasteiger partial charge in [-0.3, -0.25) is 9.59 Å². The maximum atomic E-state index is 13.1. The van der Waals surface area contributed by atoms with E-state index in [4.69, 9.17) is 0 Å². The molecule has 3 aliphatic rings. The number of fused-ring (bicyclic) bond motifs is 1. The van der Waals surface area contributed by atoms with Gasteiger partial charge in [0.2, 0.25) is 21.8 Å². The zero-order valence-corrected chi connectivity index (χ0v) is 19.6. The maximum absolute atomic E-state index is 13.1. The van der Waals surface area contributed by atoms with Gasteiger partial charge in [-0.1, -0.05) is 26.2 Å². The van der Waals surface area contributed by atoms with E-state index < -0.39 is 10.0 Å². The highest BCUT2D eigenvalue weighted by molar-refractivity contribution is 7.99. The van der Waals surface area contributed by atoms with Gasteiger partial charge in [0.1, 0.15) is 6.54 Å². The van der Waals surface area contributed by atoms with E-state index >= 15 is 0 Å². The van der Waals surface area contributed by atoms with Crippen LogP contribution in [0.2, 0.25) is 0 Å². The molecule has 0 bridgehead atoms. The number of thioether (sulfide) groups is 1. The number of anilines is 1. The van der Waals surface area contributed by atoms with E-state index in [9.17, 15) is 18.0 Å². The Kier molecular flexibility index (Phi) is 6.93. The summed E-state index contributed by atoms with van der Waals surface area (Å²) in [5, 5.41) is 3.08. The molecule has 2 heterocycles. The van der Waals surface area contributed by atoms with E-state index in [-0.39, 0.29) is 35.2 Å². The Bertz CT molecular complexity index is 938. The summed E-state index contributed by atoms with van der Waals surface area (Å²) in [6.45, 7) is 2.82. The highest BCUT2D eigenvalue weighted by Crippen LogP contribution is 2.38. The third kappa shape index (κ3) is 4.93. The van der Waals surface area contributed by atoms with Gasteiger partial charge in [-0.25, -0.2) is 8.42 Å². The Morgan fingerprint density at radius 1 is 1.13 bits per heavy atom. The molecule has 1 aromatic rings. The lowest BCUT2D eigenvalue weighted by Crippen LogP contribution is -2.46. The Hall–Kier alpha value is -1.58. The summed E-state index contributed by atoms with van der Waals surface area (Å²) in [6, 6.07) is 5.15. The molecular weight excluding hydrogens is 434 g/mol. The van der Waals surface area contributed by atoms with E-state index in [1.807, 2.05) is 6.92 Å². The van der Waals surface area contributed by atoms with Crippen molar-refractivity contribution in [3.8, 4) is 0 Å².